The van der Waals surface area contributed by atoms with Crippen LogP contribution >= 0.6 is 11.3 Å². The van der Waals surface area contributed by atoms with E-state index in [1.54, 1.807) is 30.3 Å². The maximum atomic E-state index is 11.9. The Bertz CT molecular complexity index is 701. The number of guanidine groups is 1. The van der Waals surface area contributed by atoms with Crippen molar-refractivity contribution in [2.24, 2.45) is 4.99 Å². The summed E-state index contributed by atoms with van der Waals surface area (Å²) < 4.78 is 5.40. The predicted molar refractivity (Wildman–Crippen MR) is 104 cm³/mol. The molecule has 0 saturated heterocycles. The lowest BCUT2D eigenvalue weighted by Crippen LogP contribution is -2.42. The molecule has 7 nitrogen and oxygen atoms in total. The van der Waals surface area contributed by atoms with Crippen molar-refractivity contribution in [2.45, 2.75) is 39.8 Å². The summed E-state index contributed by atoms with van der Waals surface area (Å²) in [6.45, 7) is 5.40. The number of amides is 1. The molecule has 142 valence electrons. The molecule has 0 aromatic carbocycles. The van der Waals surface area contributed by atoms with E-state index in [1.165, 1.54) is 4.88 Å². The number of nitrogens with zero attached hydrogens (tertiary/aromatic N) is 3. The van der Waals surface area contributed by atoms with E-state index in [4.69, 9.17) is 4.52 Å². The second-order valence-electron chi connectivity index (χ2n) is 5.98. The van der Waals surface area contributed by atoms with Gasteiger partial charge in [0.1, 0.15) is 5.76 Å². The van der Waals surface area contributed by atoms with Gasteiger partial charge in [-0.3, -0.25) is 4.79 Å². The number of nitrogens with one attached hydrogen (secondary N) is 2. The first-order valence-corrected chi connectivity index (χ1v) is 9.64. The number of carbonyl (C=O) groups is 1. The average Bonchev–Trinajstić information content (AvgIpc) is 3.29. The van der Waals surface area contributed by atoms with Crippen LogP contribution < -0.4 is 10.6 Å². The highest BCUT2D eigenvalue weighted by molar-refractivity contribution is 7.09. The summed E-state index contributed by atoms with van der Waals surface area (Å²) in [4.78, 5) is 19.3. The molecule has 0 atom stereocenters. The molecule has 1 amide bonds. The number of hydrogen-bond acceptors (Lipinski definition) is 5. The van der Waals surface area contributed by atoms with Gasteiger partial charge in [-0.25, -0.2) is 4.99 Å². The summed E-state index contributed by atoms with van der Waals surface area (Å²) in [5.74, 6) is 1.45. The first-order chi connectivity index (χ1) is 12.5. The predicted octanol–water partition coefficient (Wildman–Crippen LogP) is 2.18. The molecule has 0 unspecified atom stereocenters. The minimum Gasteiger partial charge on any atom is -0.361 e. The van der Waals surface area contributed by atoms with Crippen molar-refractivity contribution >= 4 is 23.2 Å². The van der Waals surface area contributed by atoms with E-state index in [-0.39, 0.29) is 12.5 Å². The molecule has 0 bridgehead atoms. The fourth-order valence-corrected chi connectivity index (χ4v) is 3.00. The molecule has 2 N–H and O–H groups in total. The monoisotopic (exact) mass is 377 g/mol. The van der Waals surface area contributed by atoms with Gasteiger partial charge in [-0.05, 0) is 17.9 Å². The Balaban J connectivity index is 2.09. The van der Waals surface area contributed by atoms with Gasteiger partial charge in [0.2, 0.25) is 5.91 Å². The molecule has 2 aromatic rings. The normalized spacial score (nSPS) is 11.5. The second kappa shape index (κ2) is 9.96. The third kappa shape index (κ3) is 5.59. The summed E-state index contributed by atoms with van der Waals surface area (Å²) in [5.41, 5.74) is 1.97. The van der Waals surface area contributed by atoms with Gasteiger partial charge >= 0.3 is 0 Å². The molecule has 0 saturated carbocycles. The molecule has 0 aliphatic carbocycles. The average molecular weight is 378 g/mol. The second-order valence-corrected chi connectivity index (χ2v) is 7.01. The number of likely N-dealkylation sites (N-methyl/N-ethyl adjacent to an activating group) is 1. The molecule has 2 heterocycles. The molecule has 0 radical (unpaired) electrons. The van der Waals surface area contributed by atoms with Crippen LogP contribution in [0.25, 0.3) is 0 Å². The minimum atomic E-state index is -0.0101. The van der Waals surface area contributed by atoms with Crippen molar-refractivity contribution in [3.63, 3.8) is 0 Å². The van der Waals surface area contributed by atoms with E-state index in [9.17, 15) is 4.79 Å². The Morgan fingerprint density at radius 3 is 2.73 bits per heavy atom. The zero-order valence-corrected chi connectivity index (χ0v) is 16.7. The van der Waals surface area contributed by atoms with Crippen molar-refractivity contribution in [3.8, 4) is 0 Å². The van der Waals surface area contributed by atoms with Gasteiger partial charge in [-0.15, -0.1) is 11.3 Å². The highest BCUT2D eigenvalue weighted by atomic mass is 32.1. The highest BCUT2D eigenvalue weighted by Gasteiger charge is 2.13. The van der Waals surface area contributed by atoms with Gasteiger partial charge in [-0.1, -0.05) is 25.1 Å². The lowest BCUT2D eigenvalue weighted by molar-refractivity contribution is -0.127. The Labute approximate surface area is 158 Å². The third-order valence-electron chi connectivity index (χ3n) is 3.92. The lowest BCUT2D eigenvalue weighted by Gasteiger charge is -2.14. The maximum Gasteiger partial charge on any atom is 0.241 e. The molecule has 2 rings (SSSR count). The SMILES string of the molecule is CCc1noc(CC)c1CN=C(NCC(=O)N(C)C)NCc1cccs1. The zero-order valence-electron chi connectivity index (χ0n) is 15.8. The van der Waals surface area contributed by atoms with Gasteiger partial charge in [0.15, 0.2) is 5.96 Å². The van der Waals surface area contributed by atoms with Crippen LogP contribution in [0.2, 0.25) is 0 Å². The topological polar surface area (TPSA) is 82.8 Å². The van der Waals surface area contributed by atoms with E-state index in [0.29, 0.717) is 19.0 Å². The van der Waals surface area contributed by atoms with E-state index in [2.05, 4.69) is 33.8 Å². The number of rotatable bonds is 8. The number of hydrogen-bond donors (Lipinski definition) is 2. The lowest BCUT2D eigenvalue weighted by atomic mass is 10.1. The van der Waals surface area contributed by atoms with Gasteiger partial charge < -0.3 is 20.1 Å². The Hall–Kier alpha value is -2.35. The van der Waals surface area contributed by atoms with Crippen LogP contribution in [0.5, 0.6) is 0 Å². The summed E-state index contributed by atoms with van der Waals surface area (Å²) >= 11 is 1.68. The van der Waals surface area contributed by atoms with Crippen molar-refractivity contribution < 1.29 is 9.32 Å². The fourth-order valence-electron chi connectivity index (χ4n) is 2.35. The Morgan fingerprint density at radius 1 is 1.31 bits per heavy atom. The Kier molecular flexibility index (Phi) is 7.65. The maximum absolute atomic E-state index is 11.9. The standard InChI is InChI=1S/C18H27N5O2S/c1-5-15-14(16(6-2)25-22-15)11-20-18(21-12-17(24)23(3)4)19-10-13-8-7-9-26-13/h7-9H,5-6,10-12H2,1-4H3,(H2,19,20,21). The van der Waals surface area contributed by atoms with Crippen molar-refractivity contribution in [2.75, 3.05) is 20.6 Å². The molecule has 0 spiro atoms. The summed E-state index contributed by atoms with van der Waals surface area (Å²) in [6.07, 6.45) is 1.58. The fraction of sp³-hybridized carbons (Fsp3) is 0.500. The Morgan fingerprint density at radius 2 is 2.12 bits per heavy atom. The zero-order chi connectivity index (χ0) is 18.9. The number of aliphatic imine (C=N–C) groups is 1. The van der Waals surface area contributed by atoms with E-state index in [0.717, 1.165) is 29.9 Å². The number of aromatic nitrogens is 1. The van der Waals surface area contributed by atoms with E-state index < -0.39 is 0 Å². The quantitative estimate of drug-likeness (QED) is 0.544. The minimum absolute atomic E-state index is 0.0101. The van der Waals surface area contributed by atoms with Crippen LogP contribution in [-0.2, 0) is 30.7 Å². The number of aryl methyl sites for hydroxylation is 2. The van der Waals surface area contributed by atoms with E-state index >= 15 is 0 Å². The molecule has 0 aliphatic heterocycles. The molecule has 0 aliphatic rings. The first kappa shape index (κ1) is 20.0. The summed E-state index contributed by atoms with van der Waals surface area (Å²) in [5, 5.41) is 12.5. The van der Waals surface area contributed by atoms with Crippen LogP contribution in [0.4, 0.5) is 0 Å². The largest absolute Gasteiger partial charge is 0.361 e. The molecule has 26 heavy (non-hydrogen) atoms. The van der Waals surface area contributed by atoms with E-state index in [1.807, 2.05) is 18.4 Å². The van der Waals surface area contributed by atoms with Gasteiger partial charge in [0.05, 0.1) is 25.3 Å². The van der Waals surface area contributed by atoms with Gasteiger partial charge in [0.25, 0.3) is 0 Å². The van der Waals surface area contributed by atoms with Crippen LogP contribution in [-0.4, -0.2) is 42.6 Å². The van der Waals surface area contributed by atoms with Crippen LogP contribution in [0, 0.1) is 0 Å². The van der Waals surface area contributed by atoms with Crippen LogP contribution in [0.15, 0.2) is 27.0 Å². The van der Waals surface area contributed by atoms with Crippen LogP contribution in [0.3, 0.4) is 0 Å². The number of carbonyl (C=O) groups excluding carboxylic acids is 1. The smallest absolute Gasteiger partial charge is 0.241 e. The van der Waals surface area contributed by atoms with Gasteiger partial charge in [-0.2, -0.15) is 0 Å². The van der Waals surface area contributed by atoms with Crippen molar-refractivity contribution in [3.05, 3.63) is 39.4 Å². The molecular formula is C18H27N5O2S. The van der Waals surface area contributed by atoms with Crippen molar-refractivity contribution in [1.29, 1.82) is 0 Å². The third-order valence-corrected chi connectivity index (χ3v) is 4.79. The summed E-state index contributed by atoms with van der Waals surface area (Å²) in [6, 6.07) is 4.07. The van der Waals surface area contributed by atoms with Gasteiger partial charge in [0, 0.05) is 31.0 Å². The van der Waals surface area contributed by atoms with Crippen LogP contribution in [0.1, 0.15) is 35.7 Å². The molecular weight excluding hydrogens is 350 g/mol. The van der Waals surface area contributed by atoms with Crippen molar-refractivity contribution in [1.82, 2.24) is 20.7 Å². The molecule has 0 fully saturated rings. The molecule has 8 heteroatoms. The summed E-state index contributed by atoms with van der Waals surface area (Å²) in [7, 11) is 3.47. The number of thiophene rings is 1. The molecule has 2 aromatic heterocycles. The highest BCUT2D eigenvalue weighted by Crippen LogP contribution is 2.16. The first-order valence-electron chi connectivity index (χ1n) is 8.76.